The van der Waals surface area contributed by atoms with Gasteiger partial charge in [-0.15, -0.1) is 0 Å². The Balaban J connectivity index is 1.85. The lowest BCUT2D eigenvalue weighted by atomic mass is 10.1. The largest absolute Gasteiger partial charge is 0.361 e. The van der Waals surface area contributed by atoms with E-state index in [1.54, 1.807) is 0 Å². The van der Waals surface area contributed by atoms with E-state index in [0.717, 1.165) is 19.6 Å². The topological polar surface area (TPSA) is 31.1 Å². The Hall–Kier alpha value is -1.32. The maximum atomic E-state index is 3.51. The maximum Gasteiger partial charge on any atom is 0.0457 e. The fourth-order valence-electron chi connectivity index (χ4n) is 2.04. The van der Waals surface area contributed by atoms with Gasteiger partial charge in [-0.1, -0.05) is 12.1 Å². The first-order valence-electron chi connectivity index (χ1n) is 6.64. The Morgan fingerprint density at radius 2 is 2.11 bits per heavy atom. The second-order valence-electron chi connectivity index (χ2n) is 5.11. The molecule has 2 rings (SSSR count). The van der Waals surface area contributed by atoms with E-state index in [1.807, 2.05) is 6.20 Å². The summed E-state index contributed by atoms with van der Waals surface area (Å²) in [5, 5.41) is 4.84. The first-order chi connectivity index (χ1) is 8.68. The van der Waals surface area contributed by atoms with Crippen LogP contribution in [0.4, 0.5) is 0 Å². The van der Waals surface area contributed by atoms with E-state index >= 15 is 0 Å². The number of hydrogen-bond donors (Lipinski definition) is 2. The summed E-state index contributed by atoms with van der Waals surface area (Å²) in [6.07, 6.45) is 2.00. The van der Waals surface area contributed by atoms with E-state index in [2.05, 4.69) is 60.4 Å². The number of rotatable bonds is 6. The molecule has 3 heteroatoms. The molecule has 0 amide bonds. The van der Waals surface area contributed by atoms with Gasteiger partial charge < -0.3 is 15.2 Å². The molecular formula is C15H23N3. The lowest BCUT2D eigenvalue weighted by molar-refractivity contribution is 0.273. The molecule has 1 heterocycles. The van der Waals surface area contributed by atoms with Crippen LogP contribution >= 0.6 is 0 Å². The van der Waals surface area contributed by atoms with Gasteiger partial charge >= 0.3 is 0 Å². The van der Waals surface area contributed by atoms with Crippen LogP contribution in [0.2, 0.25) is 0 Å². The zero-order chi connectivity index (χ0) is 13.0. The van der Waals surface area contributed by atoms with Crippen LogP contribution in [-0.2, 0) is 6.54 Å². The van der Waals surface area contributed by atoms with Crippen LogP contribution in [0.1, 0.15) is 19.4 Å². The summed E-state index contributed by atoms with van der Waals surface area (Å²) in [6, 6.07) is 9.17. The molecule has 2 aromatic rings. The van der Waals surface area contributed by atoms with Crippen molar-refractivity contribution in [3.63, 3.8) is 0 Å². The van der Waals surface area contributed by atoms with Gasteiger partial charge in [0.2, 0.25) is 0 Å². The van der Waals surface area contributed by atoms with Crippen molar-refractivity contribution >= 4 is 10.9 Å². The Morgan fingerprint density at radius 3 is 2.89 bits per heavy atom. The molecule has 0 aliphatic heterocycles. The monoisotopic (exact) mass is 245 g/mol. The normalized spacial score (nSPS) is 11.8. The molecule has 98 valence electrons. The first-order valence-corrected chi connectivity index (χ1v) is 6.64. The molecular weight excluding hydrogens is 222 g/mol. The fourth-order valence-corrected chi connectivity index (χ4v) is 2.04. The molecule has 0 radical (unpaired) electrons. The summed E-state index contributed by atoms with van der Waals surface area (Å²) in [7, 11) is 2.17. The lowest BCUT2D eigenvalue weighted by Gasteiger charge is -2.21. The summed E-state index contributed by atoms with van der Waals surface area (Å²) in [5.41, 5.74) is 2.58. The highest BCUT2D eigenvalue weighted by Crippen LogP contribution is 2.16. The molecule has 0 saturated heterocycles. The van der Waals surface area contributed by atoms with Crippen LogP contribution in [0.25, 0.3) is 10.9 Å². The van der Waals surface area contributed by atoms with Gasteiger partial charge in [-0.3, -0.25) is 0 Å². The van der Waals surface area contributed by atoms with Gasteiger partial charge in [0, 0.05) is 42.8 Å². The number of H-pyrrole nitrogens is 1. The third-order valence-electron chi connectivity index (χ3n) is 3.52. The zero-order valence-electron chi connectivity index (χ0n) is 11.5. The minimum absolute atomic E-state index is 0.611. The van der Waals surface area contributed by atoms with Crippen molar-refractivity contribution in [1.29, 1.82) is 0 Å². The summed E-state index contributed by atoms with van der Waals surface area (Å²) < 4.78 is 0. The van der Waals surface area contributed by atoms with Gasteiger partial charge in [0.15, 0.2) is 0 Å². The summed E-state index contributed by atoms with van der Waals surface area (Å²) >= 11 is 0. The number of nitrogens with zero attached hydrogens (tertiary/aromatic N) is 1. The molecule has 0 spiro atoms. The van der Waals surface area contributed by atoms with Gasteiger partial charge in [-0.25, -0.2) is 0 Å². The number of benzene rings is 1. The molecule has 2 N–H and O–H groups in total. The molecule has 0 saturated carbocycles. The van der Waals surface area contributed by atoms with Crippen LogP contribution in [0.3, 0.4) is 0 Å². The fraction of sp³-hybridized carbons (Fsp3) is 0.467. The number of fused-ring (bicyclic) bond motifs is 1. The highest BCUT2D eigenvalue weighted by Gasteiger charge is 2.03. The number of hydrogen-bond acceptors (Lipinski definition) is 2. The average Bonchev–Trinajstić information content (AvgIpc) is 2.83. The van der Waals surface area contributed by atoms with Crippen LogP contribution < -0.4 is 5.32 Å². The second kappa shape index (κ2) is 6.03. The van der Waals surface area contributed by atoms with Gasteiger partial charge in [-0.05, 0) is 38.6 Å². The van der Waals surface area contributed by atoms with Crippen LogP contribution in [0, 0.1) is 0 Å². The molecule has 0 fully saturated rings. The molecule has 0 bridgehead atoms. The molecule has 0 unspecified atom stereocenters. The number of nitrogens with one attached hydrogen (secondary N) is 2. The van der Waals surface area contributed by atoms with Crippen LogP contribution in [0.5, 0.6) is 0 Å². The van der Waals surface area contributed by atoms with Gasteiger partial charge in [-0.2, -0.15) is 0 Å². The summed E-state index contributed by atoms with van der Waals surface area (Å²) in [4.78, 5) is 5.60. The van der Waals surface area contributed by atoms with Crippen molar-refractivity contribution in [2.45, 2.75) is 26.4 Å². The van der Waals surface area contributed by atoms with Crippen LogP contribution in [0.15, 0.2) is 30.5 Å². The van der Waals surface area contributed by atoms with Crippen molar-refractivity contribution < 1.29 is 0 Å². The van der Waals surface area contributed by atoms with Gasteiger partial charge in [0.1, 0.15) is 0 Å². The first kappa shape index (κ1) is 13.1. The van der Waals surface area contributed by atoms with Crippen molar-refractivity contribution in [2.75, 3.05) is 20.1 Å². The smallest absolute Gasteiger partial charge is 0.0457 e. The minimum Gasteiger partial charge on any atom is -0.361 e. The predicted molar refractivity (Wildman–Crippen MR) is 77.8 cm³/mol. The Kier molecular flexibility index (Phi) is 4.39. The second-order valence-corrected chi connectivity index (χ2v) is 5.11. The standard InChI is InChI=1S/C15H23N3/c1-12(2)18(3)10-9-16-11-13-5-4-6-15-14(13)7-8-17-15/h4-8,12,16-17H,9-11H2,1-3H3. The SMILES string of the molecule is CC(C)N(C)CCNCc1cccc2[nH]ccc12. The Bertz CT molecular complexity index is 487. The van der Waals surface area contributed by atoms with Crippen LogP contribution in [-0.4, -0.2) is 36.1 Å². The highest BCUT2D eigenvalue weighted by atomic mass is 15.1. The minimum atomic E-state index is 0.611. The molecule has 0 aliphatic carbocycles. The zero-order valence-corrected chi connectivity index (χ0v) is 11.5. The van der Waals surface area contributed by atoms with Gasteiger partial charge in [0.05, 0.1) is 0 Å². The van der Waals surface area contributed by atoms with E-state index < -0.39 is 0 Å². The van der Waals surface area contributed by atoms with Gasteiger partial charge in [0.25, 0.3) is 0 Å². The van der Waals surface area contributed by atoms with E-state index in [1.165, 1.54) is 16.5 Å². The Morgan fingerprint density at radius 1 is 1.28 bits per heavy atom. The van der Waals surface area contributed by atoms with E-state index in [9.17, 15) is 0 Å². The quantitative estimate of drug-likeness (QED) is 0.766. The molecule has 0 aliphatic rings. The van der Waals surface area contributed by atoms with Crippen molar-refractivity contribution in [3.05, 3.63) is 36.0 Å². The van der Waals surface area contributed by atoms with E-state index in [4.69, 9.17) is 0 Å². The third-order valence-corrected chi connectivity index (χ3v) is 3.52. The molecule has 1 aromatic heterocycles. The Labute approximate surface area is 109 Å². The molecule has 3 nitrogen and oxygen atoms in total. The van der Waals surface area contributed by atoms with Crippen molar-refractivity contribution in [2.24, 2.45) is 0 Å². The number of aromatic amines is 1. The average molecular weight is 245 g/mol. The molecule has 1 aromatic carbocycles. The summed E-state index contributed by atoms with van der Waals surface area (Å²) in [5.74, 6) is 0. The number of likely N-dealkylation sites (N-methyl/N-ethyl adjacent to an activating group) is 1. The van der Waals surface area contributed by atoms with Crippen molar-refractivity contribution in [3.8, 4) is 0 Å². The third kappa shape index (κ3) is 3.12. The number of aromatic nitrogens is 1. The molecule has 18 heavy (non-hydrogen) atoms. The van der Waals surface area contributed by atoms with Crippen molar-refractivity contribution in [1.82, 2.24) is 15.2 Å². The lowest BCUT2D eigenvalue weighted by Crippen LogP contribution is -2.33. The predicted octanol–water partition coefficient (Wildman–Crippen LogP) is 2.60. The maximum absolute atomic E-state index is 3.51. The highest BCUT2D eigenvalue weighted by molar-refractivity contribution is 5.82. The summed E-state index contributed by atoms with van der Waals surface area (Å²) in [6.45, 7) is 7.48. The van der Waals surface area contributed by atoms with E-state index in [-0.39, 0.29) is 0 Å². The van der Waals surface area contributed by atoms with E-state index in [0.29, 0.717) is 6.04 Å². The molecule has 0 atom stereocenters.